The highest BCUT2D eigenvalue weighted by Gasteiger charge is 2.23. The lowest BCUT2D eigenvalue weighted by Crippen LogP contribution is -2.24. The molecule has 3 rings (SSSR count). The van der Waals surface area contributed by atoms with E-state index in [1.165, 1.54) is 0 Å². The van der Waals surface area contributed by atoms with Gasteiger partial charge in [0.15, 0.2) is 11.9 Å². The Morgan fingerprint density at radius 3 is 2.73 bits per heavy atom. The Labute approximate surface area is 129 Å². The van der Waals surface area contributed by atoms with Crippen molar-refractivity contribution in [3.8, 4) is 0 Å². The van der Waals surface area contributed by atoms with E-state index in [0.717, 1.165) is 12.0 Å². The van der Waals surface area contributed by atoms with Gasteiger partial charge in [0.2, 0.25) is 0 Å². The van der Waals surface area contributed by atoms with Crippen LogP contribution in [-0.4, -0.2) is 33.0 Å². The molecule has 0 aliphatic rings. The quantitative estimate of drug-likeness (QED) is 0.754. The van der Waals surface area contributed by atoms with Gasteiger partial charge in [0.25, 0.3) is 5.89 Å². The fourth-order valence-corrected chi connectivity index (χ4v) is 2.31. The molecule has 0 aliphatic heterocycles. The maximum absolute atomic E-state index is 5.50. The second kappa shape index (κ2) is 6.53. The first kappa shape index (κ1) is 14.5. The van der Waals surface area contributed by atoms with Crippen molar-refractivity contribution in [3.05, 3.63) is 66.1 Å². The van der Waals surface area contributed by atoms with Gasteiger partial charge in [-0.3, -0.25) is 4.68 Å². The fraction of sp³-hybridized carbons (Fsp3) is 0.312. The van der Waals surface area contributed by atoms with Crippen molar-refractivity contribution in [3.63, 3.8) is 0 Å². The van der Waals surface area contributed by atoms with E-state index in [2.05, 4.69) is 27.5 Å². The molecule has 6 nitrogen and oxygen atoms in total. The van der Waals surface area contributed by atoms with Gasteiger partial charge >= 0.3 is 0 Å². The van der Waals surface area contributed by atoms with Crippen LogP contribution in [0.1, 0.15) is 30.2 Å². The molecule has 0 saturated heterocycles. The van der Waals surface area contributed by atoms with E-state index in [9.17, 15) is 0 Å². The molecule has 0 aliphatic carbocycles. The average molecular weight is 297 g/mol. The van der Waals surface area contributed by atoms with Gasteiger partial charge in [0.05, 0.1) is 0 Å². The Bertz CT molecular complexity index is 692. The third kappa shape index (κ3) is 3.07. The van der Waals surface area contributed by atoms with E-state index in [1.54, 1.807) is 6.20 Å². The van der Waals surface area contributed by atoms with Gasteiger partial charge in [0.1, 0.15) is 0 Å². The lowest BCUT2D eigenvalue weighted by Gasteiger charge is -2.13. The maximum Gasteiger partial charge on any atom is 0.256 e. The zero-order valence-electron chi connectivity index (χ0n) is 12.7. The summed E-state index contributed by atoms with van der Waals surface area (Å²) in [5.74, 6) is 1.25. The summed E-state index contributed by atoms with van der Waals surface area (Å²) in [6, 6.07) is 12.0. The summed E-state index contributed by atoms with van der Waals surface area (Å²) in [4.78, 5) is 4.55. The van der Waals surface area contributed by atoms with E-state index in [0.29, 0.717) is 17.8 Å². The maximum atomic E-state index is 5.50. The normalized spacial score (nSPS) is 13.9. The molecule has 0 fully saturated rings. The van der Waals surface area contributed by atoms with Crippen LogP contribution in [0.3, 0.4) is 0 Å². The molecule has 2 heterocycles. The van der Waals surface area contributed by atoms with E-state index in [-0.39, 0.29) is 6.04 Å². The van der Waals surface area contributed by atoms with Crippen LogP contribution in [0.5, 0.6) is 0 Å². The summed E-state index contributed by atoms with van der Waals surface area (Å²) in [5, 5.41) is 11.6. The van der Waals surface area contributed by atoms with Crippen molar-refractivity contribution in [2.45, 2.75) is 25.4 Å². The van der Waals surface area contributed by atoms with E-state index < -0.39 is 0 Å². The first-order valence-electron chi connectivity index (χ1n) is 7.31. The molecule has 1 aromatic carbocycles. The molecule has 2 atom stereocenters. The predicted octanol–water partition coefficient (Wildman–Crippen LogP) is 2.05. The van der Waals surface area contributed by atoms with Crippen LogP contribution in [0.2, 0.25) is 0 Å². The van der Waals surface area contributed by atoms with Gasteiger partial charge in [-0.2, -0.15) is 10.1 Å². The Morgan fingerprint density at radius 1 is 1.23 bits per heavy atom. The highest BCUT2D eigenvalue weighted by Crippen LogP contribution is 2.24. The summed E-state index contributed by atoms with van der Waals surface area (Å²) in [7, 11) is 1.92. The molecular formula is C16H19N5O. The summed E-state index contributed by atoms with van der Waals surface area (Å²) < 4.78 is 7.33. The summed E-state index contributed by atoms with van der Waals surface area (Å²) in [5.41, 5.74) is 1.06. The lowest BCUT2D eigenvalue weighted by atomic mass is 10.1. The second-order valence-corrected chi connectivity index (χ2v) is 5.24. The monoisotopic (exact) mass is 297 g/mol. The Hall–Kier alpha value is -2.47. The predicted molar refractivity (Wildman–Crippen MR) is 82.4 cm³/mol. The van der Waals surface area contributed by atoms with Crippen LogP contribution in [0.15, 0.2) is 53.3 Å². The minimum atomic E-state index is -0.206. The largest absolute Gasteiger partial charge is 0.337 e. The summed E-state index contributed by atoms with van der Waals surface area (Å²) >= 11 is 0. The molecule has 2 unspecified atom stereocenters. The van der Waals surface area contributed by atoms with Gasteiger partial charge in [-0.25, -0.2) is 0 Å². The highest BCUT2D eigenvalue weighted by molar-refractivity contribution is 5.24. The molecule has 6 heteroatoms. The highest BCUT2D eigenvalue weighted by atomic mass is 16.5. The number of nitrogens with zero attached hydrogens (tertiary/aromatic N) is 4. The molecule has 2 aromatic heterocycles. The number of nitrogens with one attached hydrogen (secondary N) is 1. The standard InChI is InChI=1S/C16H19N5O/c1-12(17-2)11-14-19-16(22-20-14)15(21-10-6-9-18-21)13-7-4-3-5-8-13/h3-10,12,15,17H,11H2,1-2H3. The molecular weight excluding hydrogens is 278 g/mol. The first-order valence-corrected chi connectivity index (χ1v) is 7.31. The average Bonchev–Trinajstić information content (AvgIpc) is 3.21. The fourth-order valence-electron chi connectivity index (χ4n) is 2.31. The van der Waals surface area contributed by atoms with Crippen molar-refractivity contribution in [1.82, 2.24) is 25.2 Å². The zero-order valence-corrected chi connectivity index (χ0v) is 12.7. The van der Waals surface area contributed by atoms with Gasteiger partial charge in [-0.1, -0.05) is 35.5 Å². The summed E-state index contributed by atoms with van der Waals surface area (Å²) in [6.07, 6.45) is 4.37. The van der Waals surface area contributed by atoms with Crippen molar-refractivity contribution in [2.75, 3.05) is 7.05 Å². The van der Waals surface area contributed by atoms with Crippen molar-refractivity contribution in [2.24, 2.45) is 0 Å². The first-order chi connectivity index (χ1) is 10.8. The number of hydrogen-bond donors (Lipinski definition) is 1. The van der Waals surface area contributed by atoms with E-state index >= 15 is 0 Å². The Balaban J connectivity index is 1.93. The molecule has 0 bridgehead atoms. The molecule has 114 valence electrons. The molecule has 1 N–H and O–H groups in total. The minimum Gasteiger partial charge on any atom is -0.337 e. The van der Waals surface area contributed by atoms with E-state index in [4.69, 9.17) is 4.52 Å². The molecule has 0 radical (unpaired) electrons. The second-order valence-electron chi connectivity index (χ2n) is 5.24. The number of aromatic nitrogens is 4. The van der Waals surface area contributed by atoms with Crippen LogP contribution in [0.25, 0.3) is 0 Å². The van der Waals surface area contributed by atoms with Gasteiger partial charge in [0, 0.05) is 24.9 Å². The van der Waals surface area contributed by atoms with Crippen molar-refractivity contribution >= 4 is 0 Å². The van der Waals surface area contributed by atoms with E-state index in [1.807, 2.05) is 54.3 Å². The Kier molecular flexibility index (Phi) is 4.29. The van der Waals surface area contributed by atoms with Crippen LogP contribution in [0, 0.1) is 0 Å². The van der Waals surface area contributed by atoms with Crippen LogP contribution in [-0.2, 0) is 6.42 Å². The van der Waals surface area contributed by atoms with Crippen molar-refractivity contribution < 1.29 is 4.52 Å². The van der Waals surface area contributed by atoms with Crippen molar-refractivity contribution in [1.29, 1.82) is 0 Å². The van der Waals surface area contributed by atoms with Crippen LogP contribution < -0.4 is 5.32 Å². The minimum absolute atomic E-state index is 0.206. The summed E-state index contributed by atoms with van der Waals surface area (Å²) in [6.45, 7) is 2.08. The number of rotatable bonds is 6. The molecule has 22 heavy (non-hydrogen) atoms. The SMILES string of the molecule is CNC(C)Cc1noc(C(c2ccccc2)n2cccn2)n1. The molecule has 0 spiro atoms. The van der Waals surface area contributed by atoms with Crippen LogP contribution in [0.4, 0.5) is 0 Å². The van der Waals surface area contributed by atoms with Gasteiger partial charge in [-0.05, 0) is 25.6 Å². The smallest absolute Gasteiger partial charge is 0.256 e. The number of likely N-dealkylation sites (N-methyl/N-ethyl adjacent to an activating group) is 1. The van der Waals surface area contributed by atoms with Gasteiger partial charge in [-0.15, -0.1) is 0 Å². The van der Waals surface area contributed by atoms with Gasteiger partial charge < -0.3 is 9.84 Å². The zero-order chi connectivity index (χ0) is 15.4. The number of benzene rings is 1. The molecule has 0 saturated carbocycles. The molecule has 0 amide bonds. The topological polar surface area (TPSA) is 68.8 Å². The Morgan fingerprint density at radius 2 is 2.05 bits per heavy atom. The molecule has 3 aromatic rings. The third-order valence-corrected chi connectivity index (χ3v) is 3.60. The third-order valence-electron chi connectivity index (χ3n) is 3.60. The lowest BCUT2D eigenvalue weighted by molar-refractivity contribution is 0.340. The number of hydrogen-bond acceptors (Lipinski definition) is 5. The van der Waals surface area contributed by atoms with Crippen LogP contribution >= 0.6 is 0 Å².